The lowest BCUT2D eigenvalue weighted by atomic mass is 10.2. The molecule has 2 rings (SSSR count). The summed E-state index contributed by atoms with van der Waals surface area (Å²) in [6.45, 7) is 3.53. The number of aromatic nitrogens is 2. The molecule has 5 nitrogen and oxygen atoms in total. The van der Waals surface area contributed by atoms with Crippen molar-refractivity contribution in [2.24, 2.45) is 0 Å². The van der Waals surface area contributed by atoms with Crippen molar-refractivity contribution in [3.8, 4) is 11.5 Å². The molecule has 0 spiro atoms. The van der Waals surface area contributed by atoms with Crippen LogP contribution in [0, 0.1) is 0 Å². The largest absolute Gasteiger partial charge is 0.490 e. The number of imidazole rings is 1. The van der Waals surface area contributed by atoms with Crippen molar-refractivity contribution in [3.05, 3.63) is 42.5 Å². The van der Waals surface area contributed by atoms with Crippen LogP contribution in [0.3, 0.4) is 0 Å². The van der Waals surface area contributed by atoms with Crippen LogP contribution in [0.1, 0.15) is 17.3 Å². The first kappa shape index (κ1) is 13.1. The van der Waals surface area contributed by atoms with E-state index >= 15 is 0 Å². The molecule has 1 aromatic carbocycles. The first-order chi connectivity index (χ1) is 9.35. The van der Waals surface area contributed by atoms with E-state index in [1.165, 1.54) is 0 Å². The van der Waals surface area contributed by atoms with Crippen LogP contribution in [0.4, 0.5) is 0 Å². The van der Waals surface area contributed by atoms with Crippen molar-refractivity contribution >= 4 is 6.29 Å². The van der Waals surface area contributed by atoms with Crippen LogP contribution in [0.5, 0.6) is 11.5 Å². The highest BCUT2D eigenvalue weighted by atomic mass is 16.5. The maximum absolute atomic E-state index is 11.0. The van der Waals surface area contributed by atoms with Gasteiger partial charge in [0.25, 0.3) is 0 Å². The van der Waals surface area contributed by atoms with E-state index in [0.717, 1.165) is 6.29 Å². The van der Waals surface area contributed by atoms with Crippen LogP contribution in [0.25, 0.3) is 0 Å². The van der Waals surface area contributed by atoms with Crippen LogP contribution in [0.2, 0.25) is 0 Å². The minimum absolute atomic E-state index is 0.446. The highest BCUT2D eigenvalue weighted by Crippen LogP contribution is 2.30. The molecule has 0 saturated carbocycles. The lowest BCUT2D eigenvalue weighted by Crippen LogP contribution is -2.09. The smallest absolute Gasteiger partial charge is 0.171 e. The van der Waals surface area contributed by atoms with Crippen molar-refractivity contribution in [2.45, 2.75) is 13.5 Å². The Morgan fingerprint density at radius 2 is 2.26 bits per heavy atom. The average molecular weight is 260 g/mol. The number of para-hydroxylation sites is 1. The summed E-state index contributed by atoms with van der Waals surface area (Å²) in [5, 5.41) is 0. The summed E-state index contributed by atoms with van der Waals surface area (Å²) < 4.78 is 13.1. The molecule has 0 radical (unpaired) electrons. The summed E-state index contributed by atoms with van der Waals surface area (Å²) in [5.74, 6) is 1.09. The van der Waals surface area contributed by atoms with Gasteiger partial charge < -0.3 is 14.0 Å². The standard InChI is InChI=1S/C14H16N2O3/c1-2-18-13-5-3-4-12(10-17)14(13)19-9-8-16-7-6-15-11-16/h3-7,10-11H,2,8-9H2,1H3. The second-order valence-corrected chi connectivity index (χ2v) is 3.87. The summed E-state index contributed by atoms with van der Waals surface area (Å²) in [4.78, 5) is 15.0. The minimum Gasteiger partial charge on any atom is -0.490 e. The maximum Gasteiger partial charge on any atom is 0.171 e. The Morgan fingerprint density at radius 3 is 2.95 bits per heavy atom. The molecule has 0 aliphatic rings. The zero-order valence-electron chi connectivity index (χ0n) is 10.8. The zero-order valence-corrected chi connectivity index (χ0v) is 10.8. The predicted molar refractivity (Wildman–Crippen MR) is 70.7 cm³/mol. The lowest BCUT2D eigenvalue weighted by Gasteiger charge is -2.13. The Morgan fingerprint density at radius 1 is 1.37 bits per heavy atom. The lowest BCUT2D eigenvalue weighted by molar-refractivity contribution is 0.111. The molecule has 1 aromatic heterocycles. The molecule has 0 unspecified atom stereocenters. The number of aldehydes is 1. The number of carbonyl (C=O) groups excluding carboxylic acids is 1. The number of nitrogens with zero attached hydrogens (tertiary/aromatic N) is 2. The molecule has 100 valence electrons. The Labute approximate surface area is 111 Å². The molecule has 19 heavy (non-hydrogen) atoms. The van der Waals surface area contributed by atoms with Crippen LogP contribution in [-0.2, 0) is 6.54 Å². The van der Waals surface area contributed by atoms with Gasteiger partial charge in [0, 0.05) is 12.4 Å². The van der Waals surface area contributed by atoms with E-state index in [1.54, 1.807) is 30.7 Å². The van der Waals surface area contributed by atoms with E-state index in [9.17, 15) is 4.79 Å². The van der Waals surface area contributed by atoms with Crippen molar-refractivity contribution < 1.29 is 14.3 Å². The monoisotopic (exact) mass is 260 g/mol. The number of carbonyl (C=O) groups is 1. The Bertz CT molecular complexity index is 523. The summed E-state index contributed by atoms with van der Waals surface area (Å²) in [7, 11) is 0. The van der Waals surface area contributed by atoms with Gasteiger partial charge in [-0.3, -0.25) is 4.79 Å². The Hall–Kier alpha value is -2.30. The molecule has 0 bridgehead atoms. The third-order valence-electron chi connectivity index (χ3n) is 2.59. The number of ether oxygens (including phenoxy) is 2. The average Bonchev–Trinajstić information content (AvgIpc) is 2.93. The van der Waals surface area contributed by atoms with E-state index in [-0.39, 0.29) is 0 Å². The maximum atomic E-state index is 11.0. The van der Waals surface area contributed by atoms with Crippen LogP contribution in [-0.4, -0.2) is 29.1 Å². The number of hydrogen-bond acceptors (Lipinski definition) is 4. The van der Waals surface area contributed by atoms with Crippen LogP contribution in [0.15, 0.2) is 36.9 Å². The summed E-state index contributed by atoms with van der Waals surface area (Å²) >= 11 is 0. The van der Waals surface area contributed by atoms with E-state index in [4.69, 9.17) is 9.47 Å². The molecule has 0 N–H and O–H groups in total. The third kappa shape index (κ3) is 3.34. The van der Waals surface area contributed by atoms with E-state index in [2.05, 4.69) is 4.98 Å². The van der Waals surface area contributed by atoms with Gasteiger partial charge in [0.15, 0.2) is 17.8 Å². The zero-order chi connectivity index (χ0) is 13.5. The van der Waals surface area contributed by atoms with Gasteiger partial charge in [-0.1, -0.05) is 6.07 Å². The summed E-state index contributed by atoms with van der Waals surface area (Å²) in [6.07, 6.45) is 6.07. The molecule has 0 amide bonds. The van der Waals surface area contributed by atoms with Crippen molar-refractivity contribution in [2.75, 3.05) is 13.2 Å². The molecule has 0 saturated heterocycles. The van der Waals surface area contributed by atoms with Gasteiger partial charge in [-0.25, -0.2) is 4.98 Å². The Kier molecular flexibility index (Phi) is 4.55. The van der Waals surface area contributed by atoms with Gasteiger partial charge in [-0.2, -0.15) is 0 Å². The predicted octanol–water partition coefficient (Wildman–Crippen LogP) is 2.17. The quantitative estimate of drug-likeness (QED) is 0.716. The SMILES string of the molecule is CCOc1cccc(C=O)c1OCCn1ccnc1. The van der Waals surface area contributed by atoms with E-state index < -0.39 is 0 Å². The first-order valence-electron chi connectivity index (χ1n) is 6.14. The van der Waals surface area contributed by atoms with Crippen molar-refractivity contribution in [1.82, 2.24) is 9.55 Å². The fourth-order valence-electron chi connectivity index (χ4n) is 1.72. The molecule has 0 atom stereocenters. The molecule has 1 heterocycles. The topological polar surface area (TPSA) is 53.4 Å². The third-order valence-corrected chi connectivity index (χ3v) is 2.59. The summed E-state index contributed by atoms with van der Waals surface area (Å²) in [5.41, 5.74) is 0.497. The number of hydrogen-bond donors (Lipinski definition) is 0. The van der Waals surface area contributed by atoms with Gasteiger partial charge in [0.2, 0.25) is 0 Å². The van der Waals surface area contributed by atoms with Gasteiger partial charge in [0.05, 0.1) is 25.0 Å². The molecular formula is C14H16N2O3. The Balaban J connectivity index is 2.06. The minimum atomic E-state index is 0.446. The number of rotatable bonds is 7. The van der Waals surface area contributed by atoms with Crippen molar-refractivity contribution in [1.29, 1.82) is 0 Å². The van der Waals surface area contributed by atoms with Gasteiger partial charge in [-0.05, 0) is 19.1 Å². The van der Waals surface area contributed by atoms with E-state index in [0.29, 0.717) is 36.8 Å². The normalized spacial score (nSPS) is 10.2. The second-order valence-electron chi connectivity index (χ2n) is 3.87. The number of benzene rings is 1. The van der Waals surface area contributed by atoms with E-state index in [1.807, 2.05) is 17.7 Å². The second kappa shape index (κ2) is 6.58. The fourth-order valence-corrected chi connectivity index (χ4v) is 1.72. The molecule has 0 fully saturated rings. The summed E-state index contributed by atoms with van der Waals surface area (Å²) in [6, 6.07) is 5.28. The highest BCUT2D eigenvalue weighted by molar-refractivity contribution is 5.81. The van der Waals surface area contributed by atoms with Crippen molar-refractivity contribution in [3.63, 3.8) is 0 Å². The molecule has 0 aliphatic heterocycles. The highest BCUT2D eigenvalue weighted by Gasteiger charge is 2.10. The molecule has 5 heteroatoms. The first-order valence-corrected chi connectivity index (χ1v) is 6.14. The van der Waals surface area contributed by atoms with Gasteiger partial charge >= 0.3 is 0 Å². The molecule has 0 aliphatic carbocycles. The van der Waals surface area contributed by atoms with Crippen LogP contribution < -0.4 is 9.47 Å². The van der Waals surface area contributed by atoms with Gasteiger partial charge in [-0.15, -0.1) is 0 Å². The molecule has 2 aromatic rings. The van der Waals surface area contributed by atoms with Gasteiger partial charge in [0.1, 0.15) is 6.61 Å². The molecular weight excluding hydrogens is 244 g/mol. The van der Waals surface area contributed by atoms with Crippen LogP contribution >= 0.6 is 0 Å². The fraction of sp³-hybridized carbons (Fsp3) is 0.286.